The molecule has 0 bridgehead atoms. The van der Waals surface area contributed by atoms with Crippen LogP contribution in [0.15, 0.2) is 21.6 Å². The lowest BCUT2D eigenvalue weighted by Crippen LogP contribution is -2.34. The summed E-state index contributed by atoms with van der Waals surface area (Å²) in [5, 5.41) is 2.96. The van der Waals surface area contributed by atoms with Crippen molar-refractivity contribution < 1.29 is 8.42 Å². The van der Waals surface area contributed by atoms with Crippen molar-refractivity contribution in [2.24, 2.45) is 0 Å². The highest BCUT2D eigenvalue weighted by Crippen LogP contribution is 2.36. The van der Waals surface area contributed by atoms with Gasteiger partial charge in [0.1, 0.15) is 10.7 Å². The number of sulfonamides is 1. The smallest absolute Gasteiger partial charge is 0.244 e. The van der Waals surface area contributed by atoms with Gasteiger partial charge in [0.25, 0.3) is 0 Å². The average Bonchev–Trinajstić information content (AvgIpc) is 2.98. The van der Waals surface area contributed by atoms with Crippen molar-refractivity contribution in [2.45, 2.75) is 37.1 Å². The Hall–Kier alpha value is -0.660. The van der Waals surface area contributed by atoms with Crippen LogP contribution >= 0.6 is 15.9 Å². The lowest BCUT2D eigenvalue weighted by Gasteiger charge is -2.15. The minimum absolute atomic E-state index is 0.187. The molecule has 0 unspecified atom stereocenters. The minimum Gasteiger partial charge on any atom is -0.369 e. The van der Waals surface area contributed by atoms with Gasteiger partial charge in [-0.25, -0.2) is 18.1 Å². The van der Waals surface area contributed by atoms with E-state index in [4.69, 9.17) is 0 Å². The predicted molar refractivity (Wildman–Crippen MR) is 74.1 cm³/mol. The van der Waals surface area contributed by atoms with E-state index in [2.05, 4.69) is 31.0 Å². The van der Waals surface area contributed by atoms with E-state index in [1.807, 2.05) is 13.8 Å². The topological polar surface area (TPSA) is 71.1 Å². The van der Waals surface area contributed by atoms with Gasteiger partial charge in [0.2, 0.25) is 10.0 Å². The molecule has 1 saturated carbocycles. The van der Waals surface area contributed by atoms with E-state index in [9.17, 15) is 8.42 Å². The van der Waals surface area contributed by atoms with E-state index in [0.29, 0.717) is 16.8 Å². The molecule has 2 N–H and O–H groups in total. The average molecular weight is 334 g/mol. The number of nitrogens with one attached hydrogen (secondary N) is 2. The van der Waals surface area contributed by atoms with Crippen molar-refractivity contribution in [2.75, 3.05) is 11.9 Å². The first kappa shape index (κ1) is 13.8. The number of aromatic nitrogens is 1. The summed E-state index contributed by atoms with van der Waals surface area (Å²) in [5.41, 5.74) is -0.287. The fourth-order valence-electron chi connectivity index (χ4n) is 1.59. The number of rotatable bonds is 5. The first-order chi connectivity index (χ1) is 8.36. The maximum Gasteiger partial charge on any atom is 0.244 e. The van der Waals surface area contributed by atoms with Crippen molar-refractivity contribution in [3.63, 3.8) is 0 Å². The molecule has 0 spiro atoms. The third kappa shape index (κ3) is 3.02. The van der Waals surface area contributed by atoms with Crippen LogP contribution in [0.3, 0.4) is 0 Å². The zero-order valence-corrected chi connectivity index (χ0v) is 12.7. The Labute approximate surface area is 116 Å². The van der Waals surface area contributed by atoms with Gasteiger partial charge in [-0.3, -0.25) is 0 Å². The molecule has 1 aliphatic rings. The molecule has 2 rings (SSSR count). The predicted octanol–water partition coefficient (Wildman–Crippen LogP) is 2.11. The van der Waals surface area contributed by atoms with Gasteiger partial charge in [-0.2, -0.15) is 0 Å². The summed E-state index contributed by atoms with van der Waals surface area (Å²) in [6.45, 7) is 4.42. The summed E-state index contributed by atoms with van der Waals surface area (Å²) in [6, 6.07) is 1.57. The molecule has 0 aromatic carbocycles. The van der Waals surface area contributed by atoms with Gasteiger partial charge in [0.05, 0.1) is 0 Å². The number of nitrogens with zero attached hydrogens (tertiary/aromatic N) is 1. The maximum absolute atomic E-state index is 12.3. The van der Waals surface area contributed by atoms with Gasteiger partial charge in [0, 0.05) is 22.8 Å². The molecule has 5 nitrogen and oxygen atoms in total. The summed E-state index contributed by atoms with van der Waals surface area (Å²) in [4.78, 5) is 4.29. The van der Waals surface area contributed by atoms with Crippen LogP contribution in [0, 0.1) is 0 Å². The summed E-state index contributed by atoms with van der Waals surface area (Å²) >= 11 is 3.25. The normalized spacial score (nSPS) is 17.5. The van der Waals surface area contributed by atoms with Crippen LogP contribution in [0.25, 0.3) is 0 Å². The summed E-state index contributed by atoms with van der Waals surface area (Å²) in [5.74, 6) is 0.387. The van der Waals surface area contributed by atoms with Gasteiger partial charge in [0.15, 0.2) is 0 Å². The second-order valence-corrected chi connectivity index (χ2v) is 7.26. The number of hydrogen-bond donors (Lipinski definition) is 2. The molecule has 1 heterocycles. The van der Waals surface area contributed by atoms with Crippen LogP contribution in [0.4, 0.5) is 5.82 Å². The Balaban J connectivity index is 2.38. The van der Waals surface area contributed by atoms with Crippen LogP contribution in [0.1, 0.15) is 26.7 Å². The molecule has 0 atom stereocenters. The molecule has 1 fully saturated rings. The molecule has 1 aromatic rings. The van der Waals surface area contributed by atoms with Gasteiger partial charge in [-0.1, -0.05) is 0 Å². The highest BCUT2D eigenvalue weighted by molar-refractivity contribution is 9.10. The van der Waals surface area contributed by atoms with Gasteiger partial charge < -0.3 is 5.32 Å². The third-order valence-corrected chi connectivity index (χ3v) is 4.92. The second kappa shape index (κ2) is 4.79. The Kier molecular flexibility index (Phi) is 3.66. The molecule has 1 aromatic heterocycles. The lowest BCUT2D eigenvalue weighted by atomic mass is 10.4. The minimum atomic E-state index is -3.54. The van der Waals surface area contributed by atoms with Gasteiger partial charge in [-0.15, -0.1) is 0 Å². The first-order valence-electron chi connectivity index (χ1n) is 5.80. The van der Waals surface area contributed by atoms with Crippen molar-refractivity contribution in [3.8, 4) is 0 Å². The SMILES string of the molecule is CCNc1ncc(Br)cc1S(=O)(=O)NC1(C)CC1. The molecule has 0 saturated heterocycles. The lowest BCUT2D eigenvalue weighted by molar-refractivity contribution is 0.558. The van der Waals surface area contributed by atoms with E-state index in [0.717, 1.165) is 12.8 Å². The van der Waals surface area contributed by atoms with Crippen molar-refractivity contribution >= 4 is 31.8 Å². The molecule has 0 radical (unpaired) electrons. The largest absolute Gasteiger partial charge is 0.369 e. The maximum atomic E-state index is 12.3. The Bertz CT molecular complexity index is 555. The number of halogens is 1. The highest BCUT2D eigenvalue weighted by atomic mass is 79.9. The van der Waals surface area contributed by atoms with Crippen LogP contribution in [0.5, 0.6) is 0 Å². The van der Waals surface area contributed by atoms with E-state index in [-0.39, 0.29) is 10.4 Å². The fourth-order valence-corrected chi connectivity index (χ4v) is 3.70. The molecule has 18 heavy (non-hydrogen) atoms. The molecule has 7 heteroatoms. The number of pyridine rings is 1. The summed E-state index contributed by atoms with van der Waals surface area (Å²) < 4.78 is 28.0. The molecule has 0 amide bonds. The van der Waals surface area contributed by atoms with E-state index in [1.54, 1.807) is 12.3 Å². The van der Waals surface area contributed by atoms with Crippen molar-refractivity contribution in [1.82, 2.24) is 9.71 Å². The van der Waals surface area contributed by atoms with Crippen LogP contribution in [0.2, 0.25) is 0 Å². The monoisotopic (exact) mass is 333 g/mol. The zero-order valence-electron chi connectivity index (χ0n) is 10.3. The Morgan fingerprint density at radius 1 is 1.50 bits per heavy atom. The van der Waals surface area contributed by atoms with E-state index < -0.39 is 10.0 Å². The van der Waals surface area contributed by atoms with Crippen LogP contribution in [-0.4, -0.2) is 25.5 Å². The Morgan fingerprint density at radius 3 is 2.72 bits per heavy atom. The fraction of sp³-hybridized carbons (Fsp3) is 0.545. The molecule has 0 aliphatic heterocycles. The van der Waals surface area contributed by atoms with Crippen LogP contribution in [-0.2, 0) is 10.0 Å². The number of anilines is 1. The van der Waals surface area contributed by atoms with Crippen molar-refractivity contribution in [3.05, 3.63) is 16.7 Å². The summed E-state index contributed by atoms with van der Waals surface area (Å²) in [7, 11) is -3.54. The zero-order chi connectivity index (χ0) is 13.4. The first-order valence-corrected chi connectivity index (χ1v) is 8.07. The van der Waals surface area contributed by atoms with Crippen molar-refractivity contribution in [1.29, 1.82) is 0 Å². The standard InChI is InChI=1S/C11H16BrN3O2S/c1-3-13-10-9(6-8(12)7-14-10)18(16,17)15-11(2)4-5-11/h6-7,15H,3-5H2,1-2H3,(H,13,14). The van der Waals surface area contributed by atoms with E-state index >= 15 is 0 Å². The molecule has 100 valence electrons. The van der Waals surface area contributed by atoms with Gasteiger partial charge >= 0.3 is 0 Å². The Morgan fingerprint density at radius 2 is 2.17 bits per heavy atom. The molecular formula is C11H16BrN3O2S. The molecular weight excluding hydrogens is 318 g/mol. The summed E-state index contributed by atoms with van der Waals surface area (Å²) in [6.07, 6.45) is 3.34. The molecule has 1 aliphatic carbocycles. The second-order valence-electron chi connectivity index (χ2n) is 4.70. The third-order valence-electron chi connectivity index (χ3n) is 2.83. The van der Waals surface area contributed by atoms with Crippen LogP contribution < -0.4 is 10.0 Å². The quantitative estimate of drug-likeness (QED) is 0.865. The van der Waals surface area contributed by atoms with Gasteiger partial charge in [-0.05, 0) is 48.7 Å². The highest BCUT2D eigenvalue weighted by Gasteiger charge is 2.41. The number of hydrogen-bond acceptors (Lipinski definition) is 4. The van der Waals surface area contributed by atoms with E-state index in [1.165, 1.54) is 0 Å².